The van der Waals surface area contributed by atoms with Gasteiger partial charge < -0.3 is 14.8 Å². The number of fused-ring (bicyclic) bond motifs is 2. The molecule has 3 heterocycles. The van der Waals surface area contributed by atoms with Gasteiger partial charge in [0, 0.05) is 0 Å². The maximum atomic E-state index is 12.5. The Labute approximate surface area is 169 Å². The minimum absolute atomic E-state index is 0.111. The van der Waals surface area contributed by atoms with Crippen molar-refractivity contribution in [1.82, 2.24) is 10.3 Å². The highest BCUT2D eigenvalue weighted by Gasteiger charge is 2.22. The van der Waals surface area contributed by atoms with E-state index < -0.39 is 0 Å². The highest BCUT2D eigenvalue weighted by atomic mass is 32.1. The van der Waals surface area contributed by atoms with Gasteiger partial charge in [0.15, 0.2) is 11.5 Å². The molecule has 2 aromatic carbocycles. The van der Waals surface area contributed by atoms with Gasteiger partial charge in [-0.1, -0.05) is 24.3 Å². The molecule has 28 heavy (non-hydrogen) atoms. The topological polar surface area (TPSA) is 60.5 Å². The summed E-state index contributed by atoms with van der Waals surface area (Å²) in [6.45, 7) is 0.806. The molecule has 5 rings (SSSR count). The Balaban J connectivity index is 1.24. The first-order valence-electron chi connectivity index (χ1n) is 8.89. The highest BCUT2D eigenvalue weighted by Crippen LogP contribution is 2.34. The molecule has 0 spiro atoms. The van der Waals surface area contributed by atoms with Crippen molar-refractivity contribution in [1.29, 1.82) is 0 Å². The maximum Gasteiger partial charge on any atom is 0.261 e. The molecule has 1 N–H and O–H groups in total. The Morgan fingerprint density at radius 2 is 1.86 bits per heavy atom. The number of benzene rings is 2. The van der Waals surface area contributed by atoms with Crippen molar-refractivity contribution in [2.24, 2.45) is 0 Å². The second-order valence-corrected chi connectivity index (χ2v) is 8.47. The molecule has 0 unspecified atom stereocenters. The van der Waals surface area contributed by atoms with Crippen LogP contribution in [0.15, 0.2) is 60.7 Å². The largest absolute Gasteiger partial charge is 0.486 e. The lowest BCUT2D eigenvalue weighted by molar-refractivity contribution is 0.0791. The molecule has 2 aromatic heterocycles. The van der Waals surface area contributed by atoms with Crippen molar-refractivity contribution in [2.45, 2.75) is 6.10 Å². The lowest BCUT2D eigenvalue weighted by Gasteiger charge is -2.26. The SMILES string of the molecule is O=C(NC[C@H]1COc2ccccc2O1)c1ccc(-c2nc3ccccc3s2)s1. The summed E-state index contributed by atoms with van der Waals surface area (Å²) in [5, 5.41) is 3.88. The maximum absolute atomic E-state index is 12.5. The molecule has 0 saturated carbocycles. The fourth-order valence-corrected chi connectivity index (χ4v) is 4.95. The second-order valence-electron chi connectivity index (χ2n) is 6.36. The number of carbonyl (C=O) groups excluding carboxylic acids is 1. The lowest BCUT2D eigenvalue weighted by atomic mass is 10.2. The van der Waals surface area contributed by atoms with E-state index in [2.05, 4.69) is 16.4 Å². The van der Waals surface area contributed by atoms with Gasteiger partial charge in [-0.2, -0.15) is 0 Å². The van der Waals surface area contributed by atoms with Crippen molar-refractivity contribution in [3.05, 3.63) is 65.5 Å². The van der Waals surface area contributed by atoms with Gasteiger partial charge in [0.2, 0.25) is 0 Å². The number of rotatable bonds is 4. The van der Waals surface area contributed by atoms with Gasteiger partial charge in [0.25, 0.3) is 5.91 Å². The first-order valence-corrected chi connectivity index (χ1v) is 10.5. The average Bonchev–Trinajstić information content (AvgIpc) is 3.39. The number of hydrogen-bond donors (Lipinski definition) is 1. The Kier molecular flexibility index (Phi) is 4.46. The Hall–Kier alpha value is -2.90. The first kappa shape index (κ1) is 17.2. The van der Waals surface area contributed by atoms with Crippen LogP contribution in [0, 0.1) is 0 Å². The van der Waals surface area contributed by atoms with Crippen LogP contribution >= 0.6 is 22.7 Å². The molecular weight excluding hydrogens is 392 g/mol. The normalized spacial score (nSPS) is 15.5. The minimum Gasteiger partial charge on any atom is -0.486 e. The lowest BCUT2D eigenvalue weighted by Crippen LogP contribution is -2.40. The van der Waals surface area contributed by atoms with Crippen LogP contribution in [0.3, 0.4) is 0 Å². The van der Waals surface area contributed by atoms with Crippen LogP contribution < -0.4 is 14.8 Å². The predicted molar refractivity (Wildman–Crippen MR) is 112 cm³/mol. The van der Waals surface area contributed by atoms with Crippen LogP contribution in [0.5, 0.6) is 11.5 Å². The Bertz CT molecular complexity index is 1120. The molecule has 5 nitrogen and oxygen atoms in total. The van der Waals surface area contributed by atoms with E-state index in [-0.39, 0.29) is 12.0 Å². The number of nitrogens with one attached hydrogen (secondary N) is 1. The average molecular weight is 409 g/mol. The van der Waals surface area contributed by atoms with E-state index in [0.717, 1.165) is 25.9 Å². The molecule has 0 saturated heterocycles. The fourth-order valence-electron chi connectivity index (χ4n) is 3.01. The third kappa shape index (κ3) is 3.34. The van der Waals surface area contributed by atoms with Gasteiger partial charge in [-0.3, -0.25) is 4.79 Å². The summed E-state index contributed by atoms with van der Waals surface area (Å²) in [5.41, 5.74) is 0.983. The summed E-state index contributed by atoms with van der Waals surface area (Å²) in [7, 11) is 0. The predicted octanol–water partition coefficient (Wildman–Crippen LogP) is 4.59. The number of amides is 1. The molecule has 4 aromatic rings. The zero-order chi connectivity index (χ0) is 18.9. The van der Waals surface area contributed by atoms with Crippen LogP contribution in [0.1, 0.15) is 9.67 Å². The molecule has 0 bridgehead atoms. The number of ether oxygens (including phenoxy) is 2. The zero-order valence-corrected chi connectivity index (χ0v) is 16.4. The van der Waals surface area contributed by atoms with E-state index in [4.69, 9.17) is 9.47 Å². The molecule has 7 heteroatoms. The molecule has 1 aliphatic heterocycles. The number of thiazole rings is 1. The van der Waals surface area contributed by atoms with E-state index in [1.54, 1.807) is 11.3 Å². The van der Waals surface area contributed by atoms with Crippen molar-refractivity contribution < 1.29 is 14.3 Å². The summed E-state index contributed by atoms with van der Waals surface area (Å²) in [5.74, 6) is 1.34. The van der Waals surface area contributed by atoms with Gasteiger partial charge in [-0.25, -0.2) is 4.98 Å². The second kappa shape index (κ2) is 7.26. The minimum atomic E-state index is -0.206. The highest BCUT2D eigenvalue weighted by molar-refractivity contribution is 7.26. The van der Waals surface area contributed by atoms with Crippen molar-refractivity contribution in [3.63, 3.8) is 0 Å². The van der Waals surface area contributed by atoms with E-state index in [0.29, 0.717) is 23.8 Å². The van der Waals surface area contributed by atoms with Crippen LogP contribution in [0.4, 0.5) is 0 Å². The molecule has 0 fully saturated rings. The molecule has 0 aliphatic carbocycles. The van der Waals surface area contributed by atoms with Crippen LogP contribution in [0.25, 0.3) is 20.1 Å². The molecule has 1 aliphatic rings. The van der Waals surface area contributed by atoms with Gasteiger partial charge in [0.1, 0.15) is 17.7 Å². The summed E-state index contributed by atoms with van der Waals surface area (Å²) in [6.07, 6.45) is -0.206. The number of para-hydroxylation sites is 3. The smallest absolute Gasteiger partial charge is 0.261 e. The standard InChI is InChI=1S/C21H16N2O3S2/c24-20(22-11-13-12-25-15-6-2-3-7-16(15)26-13)18-9-10-19(27-18)21-23-14-5-1-4-8-17(14)28-21/h1-10,13H,11-12H2,(H,22,24)/t13-/m0/s1. The number of aromatic nitrogens is 1. The van der Waals surface area contributed by atoms with Gasteiger partial charge in [-0.05, 0) is 36.4 Å². The van der Waals surface area contributed by atoms with Crippen molar-refractivity contribution in [3.8, 4) is 21.4 Å². The molecule has 1 atom stereocenters. The molecule has 140 valence electrons. The van der Waals surface area contributed by atoms with Gasteiger partial charge in [-0.15, -0.1) is 22.7 Å². The third-order valence-corrected chi connectivity index (χ3v) is 6.68. The third-order valence-electron chi connectivity index (χ3n) is 4.39. The summed E-state index contributed by atoms with van der Waals surface area (Å²) < 4.78 is 12.7. The van der Waals surface area contributed by atoms with E-state index >= 15 is 0 Å². The van der Waals surface area contributed by atoms with Crippen LogP contribution in [-0.2, 0) is 0 Å². The monoisotopic (exact) mass is 408 g/mol. The number of hydrogen-bond acceptors (Lipinski definition) is 6. The Morgan fingerprint density at radius 3 is 2.75 bits per heavy atom. The Morgan fingerprint density at radius 1 is 1.04 bits per heavy atom. The molecular formula is C21H16N2O3S2. The quantitative estimate of drug-likeness (QED) is 0.536. The fraction of sp³-hybridized carbons (Fsp3) is 0.143. The molecule has 0 radical (unpaired) electrons. The van der Waals surface area contributed by atoms with Crippen LogP contribution in [-0.4, -0.2) is 30.1 Å². The summed E-state index contributed by atoms with van der Waals surface area (Å²) >= 11 is 3.08. The van der Waals surface area contributed by atoms with Crippen molar-refractivity contribution in [2.75, 3.05) is 13.2 Å². The van der Waals surface area contributed by atoms with Gasteiger partial charge >= 0.3 is 0 Å². The van der Waals surface area contributed by atoms with Gasteiger partial charge in [0.05, 0.1) is 26.5 Å². The van der Waals surface area contributed by atoms with E-state index in [9.17, 15) is 4.79 Å². The van der Waals surface area contributed by atoms with Crippen LogP contribution in [0.2, 0.25) is 0 Å². The molecule has 1 amide bonds. The zero-order valence-electron chi connectivity index (χ0n) is 14.8. The van der Waals surface area contributed by atoms with E-state index in [1.807, 2.05) is 54.6 Å². The first-order chi connectivity index (χ1) is 13.8. The summed E-state index contributed by atoms with van der Waals surface area (Å²) in [6, 6.07) is 19.4. The van der Waals surface area contributed by atoms with E-state index in [1.165, 1.54) is 11.3 Å². The number of carbonyl (C=O) groups is 1. The number of thiophene rings is 1. The summed E-state index contributed by atoms with van der Waals surface area (Å²) in [4.78, 5) is 18.8. The number of nitrogens with zero attached hydrogens (tertiary/aromatic N) is 1. The van der Waals surface area contributed by atoms with Crippen molar-refractivity contribution >= 4 is 38.8 Å².